The molecule has 170 valence electrons. The van der Waals surface area contributed by atoms with Crippen LogP contribution in [0.5, 0.6) is 5.75 Å². The van der Waals surface area contributed by atoms with Crippen LogP contribution in [0.4, 0.5) is 17.5 Å². The van der Waals surface area contributed by atoms with Gasteiger partial charge in [-0.3, -0.25) is 19.4 Å². The molecule has 1 aromatic carbocycles. The number of carbonyl (C=O) groups excluding carboxylic acids is 2. The zero-order valence-electron chi connectivity index (χ0n) is 18.2. The first-order chi connectivity index (χ1) is 15.2. The van der Waals surface area contributed by atoms with Gasteiger partial charge in [0.05, 0.1) is 24.3 Å². The average molecular weight is 460 g/mol. The fourth-order valence-electron chi connectivity index (χ4n) is 4.57. The molecular weight excluding hydrogens is 434 g/mol. The zero-order valence-corrected chi connectivity index (χ0v) is 19.0. The molecule has 3 N–H and O–H groups in total. The highest BCUT2D eigenvalue weighted by molar-refractivity contribution is 6.31. The van der Waals surface area contributed by atoms with E-state index in [2.05, 4.69) is 34.4 Å². The number of carbonyl (C=O) groups is 2. The van der Waals surface area contributed by atoms with Gasteiger partial charge in [-0.2, -0.15) is 4.98 Å². The Morgan fingerprint density at radius 3 is 2.66 bits per heavy atom. The first-order valence-corrected chi connectivity index (χ1v) is 11.0. The Labute approximate surface area is 190 Å². The topological polar surface area (TPSA) is 116 Å². The van der Waals surface area contributed by atoms with Gasteiger partial charge < -0.3 is 20.3 Å². The Morgan fingerprint density at radius 2 is 1.97 bits per heavy atom. The number of fused-ring (bicyclic) bond motifs is 1. The lowest BCUT2D eigenvalue weighted by Gasteiger charge is -2.35. The average Bonchev–Trinajstić information content (AvgIpc) is 2.72. The summed E-state index contributed by atoms with van der Waals surface area (Å²) in [5.41, 5.74) is 0.0638. The molecule has 1 fully saturated rings. The van der Waals surface area contributed by atoms with Gasteiger partial charge in [0.25, 0.3) is 5.56 Å². The van der Waals surface area contributed by atoms with Crippen molar-refractivity contribution in [3.63, 3.8) is 0 Å². The number of H-pyrrole nitrogens is 1. The van der Waals surface area contributed by atoms with Crippen molar-refractivity contribution in [3.8, 4) is 5.75 Å². The Balaban J connectivity index is 1.66. The third kappa shape index (κ3) is 4.43. The molecule has 0 bridgehead atoms. The first kappa shape index (κ1) is 22.1. The number of aromatic nitrogens is 2. The van der Waals surface area contributed by atoms with Gasteiger partial charge in [-0.1, -0.05) is 25.4 Å². The van der Waals surface area contributed by atoms with Crippen LogP contribution in [0, 0.1) is 11.8 Å². The van der Waals surface area contributed by atoms with Crippen LogP contribution in [0.25, 0.3) is 0 Å². The number of benzene rings is 1. The van der Waals surface area contributed by atoms with E-state index >= 15 is 0 Å². The maximum atomic E-state index is 13.1. The highest BCUT2D eigenvalue weighted by Crippen LogP contribution is 2.33. The molecule has 0 radical (unpaired) electrons. The van der Waals surface area contributed by atoms with Crippen LogP contribution < -0.4 is 25.8 Å². The molecule has 0 spiro atoms. The monoisotopic (exact) mass is 459 g/mol. The molecule has 2 aliphatic heterocycles. The van der Waals surface area contributed by atoms with Gasteiger partial charge in [0.15, 0.2) is 0 Å². The first-order valence-electron chi connectivity index (χ1n) is 10.6. The molecule has 2 amide bonds. The smallest absolute Gasteiger partial charge is 0.258 e. The van der Waals surface area contributed by atoms with E-state index in [-0.39, 0.29) is 23.7 Å². The molecule has 0 unspecified atom stereocenters. The summed E-state index contributed by atoms with van der Waals surface area (Å²) in [4.78, 5) is 47.9. The fraction of sp³-hybridized carbons (Fsp3) is 0.455. The molecule has 3 heterocycles. The maximum absolute atomic E-state index is 13.1. The van der Waals surface area contributed by atoms with Crippen molar-refractivity contribution in [1.29, 1.82) is 0 Å². The lowest BCUT2D eigenvalue weighted by Crippen LogP contribution is -2.42. The predicted octanol–water partition coefficient (Wildman–Crippen LogP) is 2.98. The molecule has 4 rings (SSSR count). The van der Waals surface area contributed by atoms with Crippen molar-refractivity contribution in [2.75, 3.05) is 35.7 Å². The van der Waals surface area contributed by atoms with Crippen LogP contribution >= 0.6 is 11.6 Å². The summed E-state index contributed by atoms with van der Waals surface area (Å²) in [7, 11) is 1.47. The van der Waals surface area contributed by atoms with Crippen molar-refractivity contribution < 1.29 is 14.3 Å². The third-order valence-corrected chi connectivity index (χ3v) is 6.08. The summed E-state index contributed by atoms with van der Waals surface area (Å²) in [6, 6.07) is 4.81. The summed E-state index contributed by atoms with van der Waals surface area (Å²) in [6.07, 6.45) is 0.946. The molecule has 2 aliphatic rings. The lowest BCUT2D eigenvalue weighted by atomic mass is 9.91. The molecule has 0 aliphatic carbocycles. The number of halogens is 1. The van der Waals surface area contributed by atoms with Gasteiger partial charge >= 0.3 is 0 Å². The van der Waals surface area contributed by atoms with Crippen LogP contribution in [0.2, 0.25) is 5.02 Å². The Kier molecular flexibility index (Phi) is 6.10. The molecule has 1 saturated heterocycles. The molecule has 1 aromatic heterocycles. The SMILES string of the molecule is COc1ccc(Cl)cc1NC(=O)[C@H]1CC(=O)Nc2nc(N3C[C@H](C)C[C@H](C)C3)[nH]c(=O)c21. The second-order valence-corrected chi connectivity index (χ2v) is 9.08. The van der Waals surface area contributed by atoms with Gasteiger partial charge in [0, 0.05) is 24.5 Å². The molecular formula is C22H26ClN5O4. The number of rotatable bonds is 4. The molecule has 3 atom stereocenters. The Morgan fingerprint density at radius 1 is 1.25 bits per heavy atom. The Bertz CT molecular complexity index is 1110. The summed E-state index contributed by atoms with van der Waals surface area (Å²) in [5.74, 6) is -0.0103. The minimum atomic E-state index is -0.994. The largest absolute Gasteiger partial charge is 0.495 e. The van der Waals surface area contributed by atoms with Crippen molar-refractivity contribution in [1.82, 2.24) is 9.97 Å². The van der Waals surface area contributed by atoms with Crippen molar-refractivity contribution in [2.45, 2.75) is 32.6 Å². The summed E-state index contributed by atoms with van der Waals surface area (Å²) < 4.78 is 5.26. The summed E-state index contributed by atoms with van der Waals surface area (Å²) in [5, 5.41) is 5.81. The van der Waals surface area contributed by atoms with Crippen molar-refractivity contribution in [3.05, 3.63) is 39.1 Å². The number of aromatic amines is 1. The predicted molar refractivity (Wildman–Crippen MR) is 123 cm³/mol. The summed E-state index contributed by atoms with van der Waals surface area (Å²) >= 11 is 6.04. The van der Waals surface area contributed by atoms with E-state index in [4.69, 9.17) is 16.3 Å². The van der Waals surface area contributed by atoms with E-state index in [1.165, 1.54) is 7.11 Å². The molecule has 2 aromatic rings. The van der Waals surface area contributed by atoms with Gasteiger partial charge in [-0.15, -0.1) is 0 Å². The number of amides is 2. The van der Waals surface area contributed by atoms with Crippen LogP contribution in [-0.4, -0.2) is 42.0 Å². The highest BCUT2D eigenvalue weighted by Gasteiger charge is 2.36. The molecule has 32 heavy (non-hydrogen) atoms. The highest BCUT2D eigenvalue weighted by atomic mass is 35.5. The number of anilines is 3. The number of nitrogens with zero attached hydrogens (tertiary/aromatic N) is 2. The Hall–Kier alpha value is -3.07. The normalized spacial score (nSPS) is 22.7. The molecule has 10 heteroatoms. The van der Waals surface area contributed by atoms with E-state index < -0.39 is 17.4 Å². The second kappa shape index (κ2) is 8.82. The van der Waals surface area contributed by atoms with Crippen LogP contribution in [0.3, 0.4) is 0 Å². The maximum Gasteiger partial charge on any atom is 0.258 e. The molecule has 9 nitrogen and oxygen atoms in total. The van der Waals surface area contributed by atoms with E-state index in [0.717, 1.165) is 19.5 Å². The van der Waals surface area contributed by atoms with Gasteiger partial charge in [0.1, 0.15) is 11.6 Å². The number of ether oxygens (including phenoxy) is 1. The molecule has 0 saturated carbocycles. The summed E-state index contributed by atoms with van der Waals surface area (Å²) in [6.45, 7) is 5.84. The van der Waals surface area contributed by atoms with E-state index in [0.29, 0.717) is 34.2 Å². The van der Waals surface area contributed by atoms with Crippen LogP contribution in [0.15, 0.2) is 23.0 Å². The van der Waals surface area contributed by atoms with Gasteiger partial charge in [0.2, 0.25) is 17.8 Å². The minimum absolute atomic E-state index is 0.129. The van der Waals surface area contributed by atoms with E-state index in [1.54, 1.807) is 18.2 Å². The lowest BCUT2D eigenvalue weighted by molar-refractivity contribution is -0.123. The van der Waals surface area contributed by atoms with E-state index in [9.17, 15) is 14.4 Å². The number of hydrogen-bond donors (Lipinski definition) is 3. The van der Waals surface area contributed by atoms with Gasteiger partial charge in [-0.25, -0.2) is 0 Å². The zero-order chi connectivity index (χ0) is 23.0. The second-order valence-electron chi connectivity index (χ2n) is 8.64. The van der Waals surface area contributed by atoms with Crippen molar-refractivity contribution in [2.24, 2.45) is 11.8 Å². The van der Waals surface area contributed by atoms with Crippen LogP contribution in [0.1, 0.15) is 38.2 Å². The van der Waals surface area contributed by atoms with E-state index in [1.807, 2.05) is 4.90 Å². The standard InChI is InChI=1S/C22H26ClN5O4/c1-11-6-12(2)10-28(9-11)22-26-19-18(21(31)27-22)14(8-17(29)25-19)20(30)24-15-7-13(23)4-5-16(15)32-3/h4-5,7,11-12,14H,6,8-10H2,1-3H3,(H,24,30)(H2,25,26,27,29,31)/t11-,12+,14-/m0/s1. The fourth-order valence-corrected chi connectivity index (χ4v) is 4.74. The number of hydrogen-bond acceptors (Lipinski definition) is 6. The third-order valence-electron chi connectivity index (χ3n) is 5.84. The van der Waals surface area contributed by atoms with Gasteiger partial charge in [-0.05, 0) is 36.5 Å². The quantitative estimate of drug-likeness (QED) is 0.647. The number of piperidine rings is 1. The number of methoxy groups -OCH3 is 1. The minimum Gasteiger partial charge on any atom is -0.495 e. The van der Waals surface area contributed by atoms with Crippen molar-refractivity contribution >= 4 is 40.9 Å². The number of nitrogens with one attached hydrogen (secondary N) is 3. The van der Waals surface area contributed by atoms with Crippen LogP contribution in [-0.2, 0) is 9.59 Å².